The van der Waals surface area contributed by atoms with E-state index in [0.717, 1.165) is 5.56 Å². The number of rotatable bonds is 5. The van der Waals surface area contributed by atoms with Crippen LogP contribution in [0.2, 0.25) is 0 Å². The van der Waals surface area contributed by atoms with Crippen molar-refractivity contribution in [3.05, 3.63) is 59.2 Å². The smallest absolute Gasteiger partial charge is 0.298 e. The quantitative estimate of drug-likeness (QED) is 0.779. The third kappa shape index (κ3) is 4.78. The Balaban J connectivity index is 2.00. The number of ether oxygens (including phenoxy) is 2. The molecule has 2 aromatic rings. The van der Waals surface area contributed by atoms with Crippen molar-refractivity contribution in [1.82, 2.24) is 4.90 Å². The zero-order valence-corrected chi connectivity index (χ0v) is 15.1. The minimum absolute atomic E-state index is 0.293. The number of benzene rings is 2. The van der Waals surface area contributed by atoms with Gasteiger partial charge in [0.25, 0.3) is 5.91 Å². The molecule has 0 aliphatic carbocycles. The van der Waals surface area contributed by atoms with Gasteiger partial charge in [0, 0.05) is 25.1 Å². The molecule has 2 aromatic carbocycles. The van der Waals surface area contributed by atoms with E-state index in [2.05, 4.69) is 17.9 Å². The minimum Gasteiger partial charge on any atom is -0.493 e. The van der Waals surface area contributed by atoms with Gasteiger partial charge in [0.15, 0.2) is 11.5 Å². The molecular weight excluding hydrogens is 328 g/mol. The predicted molar refractivity (Wildman–Crippen MR) is 98.9 cm³/mol. The number of carbonyl (C=O) groups is 1. The molecule has 0 aromatic heterocycles. The first-order valence-corrected chi connectivity index (χ1v) is 8.06. The fraction of sp³-hybridized carbons (Fsp3) is 0.238. The largest absolute Gasteiger partial charge is 0.493 e. The van der Waals surface area contributed by atoms with Gasteiger partial charge in [0.2, 0.25) is 0 Å². The summed E-state index contributed by atoms with van der Waals surface area (Å²) in [6.07, 6.45) is 0.666. The number of methoxy groups -OCH3 is 2. The second kappa shape index (κ2) is 9.15. The highest BCUT2D eigenvalue weighted by molar-refractivity contribution is 5.94. The highest BCUT2D eigenvalue weighted by atomic mass is 16.5. The van der Waals surface area contributed by atoms with E-state index in [1.807, 2.05) is 18.2 Å². The van der Waals surface area contributed by atoms with Gasteiger partial charge < -0.3 is 14.4 Å². The maximum Gasteiger partial charge on any atom is 0.298 e. The second-order valence-electron chi connectivity index (χ2n) is 5.57. The molecule has 0 heterocycles. The Bertz CT molecular complexity index is 888. The lowest BCUT2D eigenvalue weighted by Gasteiger charge is -2.14. The van der Waals surface area contributed by atoms with Gasteiger partial charge in [-0.2, -0.15) is 5.26 Å². The molecule has 0 bridgehead atoms. The summed E-state index contributed by atoms with van der Waals surface area (Å²) in [7, 11) is 4.88. The highest BCUT2D eigenvalue weighted by Gasteiger charge is 2.08. The molecule has 0 N–H and O–H groups in total. The van der Waals surface area contributed by atoms with Crippen LogP contribution in [0.1, 0.15) is 16.7 Å². The van der Waals surface area contributed by atoms with E-state index in [0.29, 0.717) is 35.6 Å². The molecule has 5 heteroatoms. The van der Waals surface area contributed by atoms with Crippen molar-refractivity contribution in [2.45, 2.75) is 6.42 Å². The monoisotopic (exact) mass is 348 g/mol. The maximum atomic E-state index is 12.2. The number of nitrogens with zero attached hydrogens (tertiary/aromatic N) is 2. The van der Waals surface area contributed by atoms with Crippen LogP contribution in [0.4, 0.5) is 0 Å². The van der Waals surface area contributed by atoms with E-state index in [-0.39, 0.29) is 5.91 Å². The van der Waals surface area contributed by atoms with Crippen LogP contribution in [-0.2, 0) is 11.2 Å². The molecule has 1 amide bonds. The van der Waals surface area contributed by atoms with Gasteiger partial charge in [-0.1, -0.05) is 24.1 Å². The molecule has 0 radical (unpaired) electrons. The van der Waals surface area contributed by atoms with Crippen molar-refractivity contribution >= 4 is 5.91 Å². The summed E-state index contributed by atoms with van der Waals surface area (Å²) in [4.78, 5) is 13.7. The van der Waals surface area contributed by atoms with Gasteiger partial charge in [-0.3, -0.25) is 4.79 Å². The molecule has 0 saturated heterocycles. The molecule has 5 nitrogen and oxygen atoms in total. The lowest BCUT2D eigenvalue weighted by atomic mass is 10.1. The molecule has 2 rings (SSSR count). The van der Waals surface area contributed by atoms with Gasteiger partial charge in [-0.15, -0.1) is 0 Å². The molecule has 0 fully saturated rings. The summed E-state index contributed by atoms with van der Waals surface area (Å²) < 4.78 is 10.5. The van der Waals surface area contributed by atoms with Crippen LogP contribution in [0, 0.1) is 23.2 Å². The lowest BCUT2D eigenvalue weighted by Crippen LogP contribution is -2.27. The van der Waals surface area contributed by atoms with Crippen molar-refractivity contribution in [2.24, 2.45) is 0 Å². The number of amides is 1. The predicted octanol–water partition coefficient (Wildman–Crippen LogP) is 2.63. The maximum absolute atomic E-state index is 12.2. The highest BCUT2D eigenvalue weighted by Crippen LogP contribution is 2.27. The summed E-state index contributed by atoms with van der Waals surface area (Å²) >= 11 is 0. The SMILES string of the molecule is COc1ccc(CCN(C)C(=O)C#Cc2ccccc2C#N)cc1OC. The van der Waals surface area contributed by atoms with E-state index < -0.39 is 0 Å². The zero-order valence-electron chi connectivity index (χ0n) is 15.1. The first-order chi connectivity index (χ1) is 12.6. The Morgan fingerprint density at radius 3 is 2.42 bits per heavy atom. The lowest BCUT2D eigenvalue weighted by molar-refractivity contribution is -0.123. The van der Waals surface area contributed by atoms with Crippen LogP contribution in [0.3, 0.4) is 0 Å². The number of likely N-dealkylation sites (N-methyl/N-ethyl adjacent to an activating group) is 1. The van der Waals surface area contributed by atoms with Crippen LogP contribution in [0.5, 0.6) is 11.5 Å². The summed E-state index contributed by atoms with van der Waals surface area (Å²) in [6.45, 7) is 0.517. The van der Waals surface area contributed by atoms with Gasteiger partial charge in [-0.25, -0.2) is 0 Å². The minimum atomic E-state index is -0.293. The zero-order chi connectivity index (χ0) is 18.9. The Kier molecular flexibility index (Phi) is 6.65. The van der Waals surface area contributed by atoms with Crippen molar-refractivity contribution in [3.63, 3.8) is 0 Å². The first-order valence-electron chi connectivity index (χ1n) is 8.06. The molecule has 132 valence electrons. The van der Waals surface area contributed by atoms with Crippen molar-refractivity contribution in [3.8, 4) is 29.4 Å². The molecule has 0 spiro atoms. The number of nitriles is 1. The Labute approximate surface area is 153 Å². The Morgan fingerprint density at radius 2 is 1.77 bits per heavy atom. The number of hydrogen-bond donors (Lipinski definition) is 0. The van der Waals surface area contributed by atoms with E-state index in [1.165, 1.54) is 0 Å². The molecule has 0 aliphatic heterocycles. The van der Waals surface area contributed by atoms with E-state index in [9.17, 15) is 4.79 Å². The fourth-order valence-corrected chi connectivity index (χ4v) is 2.34. The molecular formula is C21H20N2O3. The van der Waals surface area contributed by atoms with Gasteiger partial charge in [-0.05, 0) is 36.2 Å². The van der Waals surface area contributed by atoms with Gasteiger partial charge >= 0.3 is 0 Å². The van der Waals surface area contributed by atoms with E-state index in [1.54, 1.807) is 50.4 Å². The number of hydrogen-bond acceptors (Lipinski definition) is 4. The second-order valence-corrected chi connectivity index (χ2v) is 5.57. The third-order valence-corrected chi connectivity index (χ3v) is 3.88. The first kappa shape index (κ1) is 18.9. The standard InChI is InChI=1S/C21H20N2O3/c1-23(13-12-16-8-10-19(25-2)20(14-16)26-3)21(24)11-9-17-6-4-5-7-18(17)15-22/h4-8,10,14H,12-13H2,1-3H3. The van der Waals surface area contributed by atoms with Crippen LogP contribution in [0.25, 0.3) is 0 Å². The average Bonchev–Trinajstić information content (AvgIpc) is 2.69. The molecule has 0 saturated carbocycles. The van der Waals surface area contributed by atoms with Crippen LogP contribution in [-0.4, -0.2) is 38.6 Å². The van der Waals surface area contributed by atoms with Crippen molar-refractivity contribution in [1.29, 1.82) is 5.26 Å². The average molecular weight is 348 g/mol. The Hall–Kier alpha value is -3.44. The molecule has 0 atom stereocenters. The topological polar surface area (TPSA) is 62.6 Å². The van der Waals surface area contributed by atoms with E-state index in [4.69, 9.17) is 14.7 Å². The summed E-state index contributed by atoms with van der Waals surface area (Å²) in [5.74, 6) is 6.40. The molecule has 0 unspecified atom stereocenters. The van der Waals surface area contributed by atoms with Gasteiger partial charge in [0.05, 0.1) is 19.8 Å². The molecule has 0 aliphatic rings. The Morgan fingerprint density at radius 1 is 1.08 bits per heavy atom. The normalized spacial score (nSPS) is 9.46. The fourth-order valence-electron chi connectivity index (χ4n) is 2.34. The van der Waals surface area contributed by atoms with Crippen LogP contribution < -0.4 is 9.47 Å². The molecule has 26 heavy (non-hydrogen) atoms. The summed E-state index contributed by atoms with van der Waals surface area (Å²) in [5.41, 5.74) is 2.04. The van der Waals surface area contributed by atoms with Crippen molar-refractivity contribution < 1.29 is 14.3 Å². The van der Waals surface area contributed by atoms with E-state index >= 15 is 0 Å². The van der Waals surface area contributed by atoms with Crippen molar-refractivity contribution in [2.75, 3.05) is 27.8 Å². The van der Waals surface area contributed by atoms with Gasteiger partial charge in [0.1, 0.15) is 6.07 Å². The number of carbonyl (C=O) groups excluding carboxylic acids is 1. The summed E-state index contributed by atoms with van der Waals surface area (Å²) in [5, 5.41) is 9.05. The van der Waals surface area contributed by atoms with Crippen LogP contribution in [0.15, 0.2) is 42.5 Å². The third-order valence-electron chi connectivity index (χ3n) is 3.88. The summed E-state index contributed by atoms with van der Waals surface area (Å²) in [6, 6.07) is 14.7. The van der Waals surface area contributed by atoms with Crippen LogP contribution >= 0.6 is 0 Å².